The average Bonchev–Trinajstić information content (AvgIpc) is 2.36. The first-order valence-corrected chi connectivity index (χ1v) is 7.74. The maximum atomic E-state index is 10.8. The van der Waals surface area contributed by atoms with Crippen molar-refractivity contribution in [1.82, 2.24) is 4.90 Å². The number of halogens is 1. The van der Waals surface area contributed by atoms with Gasteiger partial charge in [-0.2, -0.15) is 0 Å². The highest BCUT2D eigenvalue weighted by molar-refractivity contribution is 9.10. The van der Waals surface area contributed by atoms with Gasteiger partial charge in [0.15, 0.2) is 0 Å². The molecule has 0 aliphatic rings. The quantitative estimate of drug-likeness (QED) is 0.775. The van der Waals surface area contributed by atoms with Crippen LogP contribution in [0.1, 0.15) is 24.2 Å². The monoisotopic (exact) mass is 331 g/mol. The lowest BCUT2D eigenvalue weighted by Crippen LogP contribution is -2.25. The van der Waals surface area contributed by atoms with Gasteiger partial charge in [-0.1, -0.05) is 13.8 Å². The molecule has 0 saturated carbocycles. The van der Waals surface area contributed by atoms with E-state index in [1.54, 1.807) is 23.9 Å². The summed E-state index contributed by atoms with van der Waals surface area (Å²) in [5.74, 6) is 0.113. The van der Waals surface area contributed by atoms with Crippen LogP contribution in [0.3, 0.4) is 0 Å². The Hall–Kier alpha value is -0.520. The molecular formula is C13H18BrNO2S. The highest BCUT2D eigenvalue weighted by Gasteiger charge is 2.07. The second-order valence-corrected chi connectivity index (χ2v) is 5.82. The van der Waals surface area contributed by atoms with Crippen LogP contribution in [0.2, 0.25) is 0 Å². The van der Waals surface area contributed by atoms with E-state index in [9.17, 15) is 4.79 Å². The predicted octanol–water partition coefficient (Wildman–Crippen LogP) is 3.58. The lowest BCUT2D eigenvalue weighted by molar-refractivity contribution is 0.0696. The van der Waals surface area contributed by atoms with Crippen LogP contribution in [0.15, 0.2) is 27.6 Å². The van der Waals surface area contributed by atoms with Gasteiger partial charge < -0.3 is 10.0 Å². The Morgan fingerprint density at radius 2 is 2.06 bits per heavy atom. The number of aromatic carboxylic acids is 1. The van der Waals surface area contributed by atoms with E-state index < -0.39 is 5.97 Å². The van der Waals surface area contributed by atoms with Gasteiger partial charge in [0.2, 0.25) is 0 Å². The summed E-state index contributed by atoms with van der Waals surface area (Å²) in [4.78, 5) is 14.3. The van der Waals surface area contributed by atoms with Gasteiger partial charge in [0.25, 0.3) is 0 Å². The molecule has 0 aromatic heterocycles. The summed E-state index contributed by atoms with van der Waals surface area (Å²) in [5.41, 5.74) is 0.315. The fourth-order valence-electron chi connectivity index (χ4n) is 1.58. The summed E-state index contributed by atoms with van der Waals surface area (Å²) in [7, 11) is 0. The second-order valence-electron chi connectivity index (χ2n) is 3.83. The molecule has 0 bridgehead atoms. The van der Waals surface area contributed by atoms with Crippen LogP contribution in [-0.4, -0.2) is 41.4 Å². The number of hydrogen-bond acceptors (Lipinski definition) is 3. The number of nitrogens with zero attached hydrogens (tertiary/aromatic N) is 1. The van der Waals surface area contributed by atoms with E-state index in [1.165, 1.54) is 0 Å². The fourth-order valence-corrected chi connectivity index (χ4v) is 3.23. The Morgan fingerprint density at radius 3 is 2.56 bits per heavy atom. The molecule has 0 aliphatic carbocycles. The SMILES string of the molecule is CCN(CC)CCSc1ccc(C(=O)O)cc1Br. The zero-order valence-corrected chi connectivity index (χ0v) is 13.1. The third-order valence-corrected chi connectivity index (χ3v) is 4.71. The van der Waals surface area contributed by atoms with E-state index in [4.69, 9.17) is 5.11 Å². The minimum atomic E-state index is -0.893. The molecular weight excluding hydrogens is 314 g/mol. The van der Waals surface area contributed by atoms with Gasteiger partial charge >= 0.3 is 5.97 Å². The molecule has 0 radical (unpaired) electrons. The smallest absolute Gasteiger partial charge is 0.335 e. The predicted molar refractivity (Wildman–Crippen MR) is 79.6 cm³/mol. The Bertz CT molecular complexity index is 408. The van der Waals surface area contributed by atoms with Crippen molar-refractivity contribution in [2.24, 2.45) is 0 Å². The number of carboxylic acids is 1. The zero-order valence-electron chi connectivity index (χ0n) is 10.6. The molecule has 18 heavy (non-hydrogen) atoms. The third-order valence-electron chi connectivity index (χ3n) is 2.74. The first-order chi connectivity index (χ1) is 8.58. The average molecular weight is 332 g/mol. The van der Waals surface area contributed by atoms with E-state index >= 15 is 0 Å². The molecule has 0 aliphatic heterocycles. The highest BCUT2D eigenvalue weighted by atomic mass is 79.9. The fraction of sp³-hybridized carbons (Fsp3) is 0.462. The van der Waals surface area contributed by atoms with Crippen molar-refractivity contribution in [2.75, 3.05) is 25.4 Å². The first kappa shape index (κ1) is 15.5. The van der Waals surface area contributed by atoms with Crippen LogP contribution in [-0.2, 0) is 0 Å². The summed E-state index contributed by atoms with van der Waals surface area (Å²) in [6, 6.07) is 5.16. The second kappa shape index (κ2) is 7.81. The number of hydrogen-bond donors (Lipinski definition) is 1. The molecule has 0 fully saturated rings. The molecule has 1 N–H and O–H groups in total. The van der Waals surface area contributed by atoms with Crippen LogP contribution in [0.4, 0.5) is 0 Å². The van der Waals surface area contributed by atoms with Gasteiger partial charge in [-0.05, 0) is 47.2 Å². The minimum absolute atomic E-state index is 0.315. The van der Waals surface area contributed by atoms with Crippen molar-refractivity contribution >= 4 is 33.7 Å². The summed E-state index contributed by atoms with van der Waals surface area (Å²) in [6.45, 7) is 7.49. The topological polar surface area (TPSA) is 40.5 Å². The Morgan fingerprint density at radius 1 is 1.39 bits per heavy atom. The number of carboxylic acid groups (broad SMARTS) is 1. The molecule has 100 valence electrons. The summed E-state index contributed by atoms with van der Waals surface area (Å²) < 4.78 is 0.854. The molecule has 1 aromatic carbocycles. The number of thioether (sulfide) groups is 1. The van der Waals surface area contributed by atoms with E-state index in [0.29, 0.717) is 5.56 Å². The molecule has 0 saturated heterocycles. The van der Waals surface area contributed by atoms with E-state index in [-0.39, 0.29) is 0 Å². The zero-order chi connectivity index (χ0) is 13.5. The first-order valence-electron chi connectivity index (χ1n) is 5.96. The van der Waals surface area contributed by atoms with Crippen molar-refractivity contribution in [1.29, 1.82) is 0 Å². The molecule has 0 atom stereocenters. The third kappa shape index (κ3) is 4.63. The van der Waals surface area contributed by atoms with Crippen molar-refractivity contribution < 1.29 is 9.90 Å². The lowest BCUT2D eigenvalue weighted by atomic mass is 10.2. The van der Waals surface area contributed by atoms with Crippen LogP contribution >= 0.6 is 27.7 Å². The Balaban J connectivity index is 2.55. The van der Waals surface area contributed by atoms with Crippen molar-refractivity contribution in [3.63, 3.8) is 0 Å². The van der Waals surface area contributed by atoms with Gasteiger partial charge in [-0.15, -0.1) is 11.8 Å². The van der Waals surface area contributed by atoms with Gasteiger partial charge in [0.05, 0.1) is 5.56 Å². The highest BCUT2D eigenvalue weighted by Crippen LogP contribution is 2.28. The molecule has 0 amide bonds. The number of benzene rings is 1. The molecule has 1 rings (SSSR count). The van der Waals surface area contributed by atoms with Crippen LogP contribution in [0.5, 0.6) is 0 Å². The van der Waals surface area contributed by atoms with Crippen LogP contribution in [0.25, 0.3) is 0 Å². The number of carbonyl (C=O) groups is 1. The number of rotatable bonds is 7. The molecule has 0 unspecified atom stereocenters. The molecule has 5 heteroatoms. The van der Waals surface area contributed by atoms with Gasteiger partial charge in [-0.25, -0.2) is 4.79 Å². The van der Waals surface area contributed by atoms with E-state index in [2.05, 4.69) is 34.7 Å². The maximum Gasteiger partial charge on any atom is 0.335 e. The largest absolute Gasteiger partial charge is 0.478 e. The van der Waals surface area contributed by atoms with Crippen molar-refractivity contribution in [3.05, 3.63) is 28.2 Å². The maximum absolute atomic E-state index is 10.8. The summed E-state index contributed by atoms with van der Waals surface area (Å²) in [5, 5.41) is 8.88. The van der Waals surface area contributed by atoms with Crippen molar-refractivity contribution in [2.45, 2.75) is 18.7 Å². The van der Waals surface area contributed by atoms with Gasteiger partial charge in [0.1, 0.15) is 0 Å². The minimum Gasteiger partial charge on any atom is -0.478 e. The lowest BCUT2D eigenvalue weighted by Gasteiger charge is -2.17. The van der Waals surface area contributed by atoms with E-state index in [0.717, 1.165) is 34.8 Å². The van der Waals surface area contributed by atoms with Crippen LogP contribution in [0, 0.1) is 0 Å². The Kier molecular flexibility index (Phi) is 6.75. The summed E-state index contributed by atoms with van der Waals surface area (Å²) >= 11 is 5.16. The Labute approximate surface area is 121 Å². The molecule has 0 spiro atoms. The molecule has 3 nitrogen and oxygen atoms in total. The van der Waals surface area contributed by atoms with Gasteiger partial charge in [0, 0.05) is 21.7 Å². The van der Waals surface area contributed by atoms with Crippen LogP contribution < -0.4 is 0 Å². The molecule has 1 aromatic rings. The molecule has 0 heterocycles. The van der Waals surface area contributed by atoms with E-state index in [1.807, 2.05) is 6.07 Å². The standard InChI is InChI=1S/C13H18BrNO2S/c1-3-15(4-2)7-8-18-12-6-5-10(13(16)17)9-11(12)14/h5-6,9H,3-4,7-8H2,1-2H3,(H,16,17). The van der Waals surface area contributed by atoms with Gasteiger partial charge in [-0.3, -0.25) is 0 Å². The normalized spacial score (nSPS) is 10.9. The van der Waals surface area contributed by atoms with Crippen molar-refractivity contribution in [3.8, 4) is 0 Å². The summed E-state index contributed by atoms with van der Waals surface area (Å²) in [6.07, 6.45) is 0.